The van der Waals surface area contributed by atoms with E-state index in [-0.39, 0.29) is 0 Å². The lowest BCUT2D eigenvalue weighted by atomic mass is 10.1. The van der Waals surface area contributed by atoms with Crippen molar-refractivity contribution in [3.63, 3.8) is 0 Å². The predicted molar refractivity (Wildman–Crippen MR) is 43.7 cm³/mol. The van der Waals surface area contributed by atoms with E-state index >= 15 is 0 Å². The summed E-state index contributed by atoms with van der Waals surface area (Å²) < 4.78 is 0. The van der Waals surface area contributed by atoms with Gasteiger partial charge in [-0.2, -0.15) is 0 Å². The van der Waals surface area contributed by atoms with Gasteiger partial charge in [0, 0.05) is 6.20 Å². The summed E-state index contributed by atoms with van der Waals surface area (Å²) in [5.41, 5.74) is 2.78. The average molecular weight is 149 g/mol. The van der Waals surface area contributed by atoms with Crippen LogP contribution in [0.25, 0.3) is 0 Å². The van der Waals surface area contributed by atoms with Gasteiger partial charge in [-0.15, -0.1) is 0 Å². The molecule has 0 atom stereocenters. The average Bonchev–Trinajstić information content (AvgIpc) is 2.04. The van der Waals surface area contributed by atoms with E-state index in [9.17, 15) is 4.79 Å². The van der Waals surface area contributed by atoms with E-state index in [1.165, 1.54) is 0 Å². The highest BCUT2D eigenvalue weighted by molar-refractivity contribution is 5.74. The molecule has 0 aromatic carbocycles. The highest BCUT2D eigenvalue weighted by atomic mass is 16.1. The summed E-state index contributed by atoms with van der Waals surface area (Å²) in [5.74, 6) is 0. The minimum atomic E-state index is 0.576. The molecule has 1 rings (SSSR count). The Balaban J connectivity index is 3.23. The molecule has 1 aromatic rings. The van der Waals surface area contributed by atoms with E-state index < -0.39 is 0 Å². The quantitative estimate of drug-likeness (QED) is 0.600. The van der Waals surface area contributed by atoms with E-state index in [1.807, 2.05) is 19.9 Å². The van der Waals surface area contributed by atoms with Crippen LogP contribution in [0.4, 0.5) is 0 Å². The molecule has 0 radical (unpaired) electrons. The molecule has 0 aliphatic heterocycles. The van der Waals surface area contributed by atoms with Gasteiger partial charge in [0.05, 0.1) is 0 Å². The summed E-state index contributed by atoms with van der Waals surface area (Å²) in [6, 6.07) is 1.92. The summed E-state index contributed by atoms with van der Waals surface area (Å²) >= 11 is 0. The first-order chi connectivity index (χ1) is 5.29. The number of hydrogen-bond donors (Lipinski definition) is 0. The van der Waals surface area contributed by atoms with Gasteiger partial charge < -0.3 is 0 Å². The molecule has 11 heavy (non-hydrogen) atoms. The normalized spacial score (nSPS) is 9.64. The molecule has 2 heteroatoms. The second-order valence-electron chi connectivity index (χ2n) is 2.46. The number of hydrogen-bond acceptors (Lipinski definition) is 2. The molecule has 0 saturated heterocycles. The Morgan fingerprint density at radius 1 is 1.64 bits per heavy atom. The van der Waals surface area contributed by atoms with Gasteiger partial charge in [0.1, 0.15) is 5.69 Å². The first-order valence-electron chi connectivity index (χ1n) is 3.69. The maximum Gasteiger partial charge on any atom is 0.168 e. The first-order valence-corrected chi connectivity index (χ1v) is 3.69. The van der Waals surface area contributed by atoms with Crippen LogP contribution in [-0.2, 0) is 6.42 Å². The SMILES string of the molecule is CCc1c(C)ccnc1C=O. The number of aromatic nitrogens is 1. The third-order valence-electron chi connectivity index (χ3n) is 1.79. The molecule has 0 unspecified atom stereocenters. The number of carbonyl (C=O) groups is 1. The van der Waals surface area contributed by atoms with E-state index in [2.05, 4.69) is 4.98 Å². The molecule has 0 amide bonds. The second kappa shape index (κ2) is 3.28. The molecular formula is C9H11NO. The maximum atomic E-state index is 10.5. The Bertz CT molecular complexity index is 268. The molecule has 58 valence electrons. The Morgan fingerprint density at radius 3 is 2.82 bits per heavy atom. The summed E-state index contributed by atoms with van der Waals surface area (Å²) in [7, 11) is 0. The van der Waals surface area contributed by atoms with Crippen LogP contribution in [0.2, 0.25) is 0 Å². The monoisotopic (exact) mass is 149 g/mol. The van der Waals surface area contributed by atoms with Crippen molar-refractivity contribution in [1.82, 2.24) is 4.98 Å². The predicted octanol–water partition coefficient (Wildman–Crippen LogP) is 1.76. The van der Waals surface area contributed by atoms with Gasteiger partial charge in [0.25, 0.3) is 0 Å². The van der Waals surface area contributed by atoms with E-state index in [1.54, 1.807) is 6.20 Å². The van der Waals surface area contributed by atoms with Crippen molar-refractivity contribution in [2.45, 2.75) is 20.3 Å². The molecule has 0 spiro atoms. The molecule has 0 saturated carbocycles. The number of pyridine rings is 1. The lowest BCUT2D eigenvalue weighted by Gasteiger charge is -2.02. The lowest BCUT2D eigenvalue weighted by Crippen LogP contribution is -1.97. The number of carbonyl (C=O) groups excluding carboxylic acids is 1. The molecule has 0 N–H and O–H groups in total. The molecule has 2 nitrogen and oxygen atoms in total. The largest absolute Gasteiger partial charge is 0.296 e. The van der Waals surface area contributed by atoms with Crippen molar-refractivity contribution in [3.8, 4) is 0 Å². The van der Waals surface area contributed by atoms with Gasteiger partial charge in [-0.05, 0) is 30.5 Å². The van der Waals surface area contributed by atoms with Crippen LogP contribution in [0.15, 0.2) is 12.3 Å². The van der Waals surface area contributed by atoms with Crippen LogP contribution < -0.4 is 0 Å². The Labute approximate surface area is 66.3 Å². The van der Waals surface area contributed by atoms with Crippen LogP contribution in [0.3, 0.4) is 0 Å². The molecule has 1 aromatic heterocycles. The summed E-state index contributed by atoms with van der Waals surface area (Å²) in [6.45, 7) is 4.02. The fraction of sp³-hybridized carbons (Fsp3) is 0.333. The van der Waals surface area contributed by atoms with E-state index in [0.29, 0.717) is 5.69 Å². The highest BCUT2D eigenvalue weighted by Crippen LogP contribution is 2.09. The number of aryl methyl sites for hydroxylation is 1. The van der Waals surface area contributed by atoms with Gasteiger partial charge >= 0.3 is 0 Å². The third-order valence-corrected chi connectivity index (χ3v) is 1.79. The van der Waals surface area contributed by atoms with Crippen molar-refractivity contribution < 1.29 is 4.79 Å². The zero-order chi connectivity index (χ0) is 8.27. The summed E-state index contributed by atoms with van der Waals surface area (Å²) in [4.78, 5) is 14.4. The Morgan fingerprint density at radius 2 is 2.36 bits per heavy atom. The molecule has 0 bridgehead atoms. The molecule has 0 fully saturated rings. The van der Waals surface area contributed by atoms with E-state index in [0.717, 1.165) is 23.8 Å². The van der Waals surface area contributed by atoms with Crippen molar-refractivity contribution >= 4 is 6.29 Å². The van der Waals surface area contributed by atoms with Crippen LogP contribution in [0.1, 0.15) is 28.5 Å². The third kappa shape index (κ3) is 1.45. The van der Waals surface area contributed by atoms with Gasteiger partial charge in [-0.3, -0.25) is 9.78 Å². The van der Waals surface area contributed by atoms with Crippen LogP contribution in [0.5, 0.6) is 0 Å². The van der Waals surface area contributed by atoms with Gasteiger partial charge in [0.15, 0.2) is 6.29 Å². The number of rotatable bonds is 2. The van der Waals surface area contributed by atoms with E-state index in [4.69, 9.17) is 0 Å². The molecule has 1 heterocycles. The summed E-state index contributed by atoms with van der Waals surface area (Å²) in [6.07, 6.45) is 3.35. The lowest BCUT2D eigenvalue weighted by molar-refractivity contribution is 0.111. The van der Waals surface area contributed by atoms with Gasteiger partial charge in [0.2, 0.25) is 0 Å². The zero-order valence-electron chi connectivity index (χ0n) is 6.79. The smallest absolute Gasteiger partial charge is 0.168 e. The number of aldehydes is 1. The van der Waals surface area contributed by atoms with Crippen molar-refractivity contribution in [3.05, 3.63) is 29.1 Å². The Kier molecular flexibility index (Phi) is 2.36. The van der Waals surface area contributed by atoms with Crippen LogP contribution in [-0.4, -0.2) is 11.3 Å². The van der Waals surface area contributed by atoms with Crippen molar-refractivity contribution in [2.75, 3.05) is 0 Å². The second-order valence-corrected chi connectivity index (χ2v) is 2.46. The minimum Gasteiger partial charge on any atom is -0.296 e. The Hall–Kier alpha value is -1.18. The summed E-state index contributed by atoms with van der Waals surface area (Å²) in [5, 5.41) is 0. The highest BCUT2D eigenvalue weighted by Gasteiger charge is 2.02. The number of nitrogens with zero attached hydrogens (tertiary/aromatic N) is 1. The molecular weight excluding hydrogens is 138 g/mol. The standard InChI is InChI=1S/C9H11NO/c1-3-8-7(2)4-5-10-9(8)6-11/h4-6H,3H2,1-2H3. The van der Waals surface area contributed by atoms with Crippen molar-refractivity contribution in [2.24, 2.45) is 0 Å². The molecule has 0 aliphatic carbocycles. The topological polar surface area (TPSA) is 30.0 Å². The van der Waals surface area contributed by atoms with Crippen LogP contribution in [0, 0.1) is 6.92 Å². The minimum absolute atomic E-state index is 0.576. The maximum absolute atomic E-state index is 10.5. The fourth-order valence-corrected chi connectivity index (χ4v) is 1.17. The van der Waals surface area contributed by atoms with Gasteiger partial charge in [-0.25, -0.2) is 0 Å². The zero-order valence-corrected chi connectivity index (χ0v) is 6.79. The fourth-order valence-electron chi connectivity index (χ4n) is 1.17. The van der Waals surface area contributed by atoms with Gasteiger partial charge in [-0.1, -0.05) is 6.92 Å². The van der Waals surface area contributed by atoms with Crippen molar-refractivity contribution in [1.29, 1.82) is 0 Å². The molecule has 0 aliphatic rings. The first kappa shape index (κ1) is 7.92. The van der Waals surface area contributed by atoms with Crippen LogP contribution >= 0.6 is 0 Å².